The molecule has 2 aliphatic carbocycles. The highest BCUT2D eigenvalue weighted by molar-refractivity contribution is 5.69. The van der Waals surface area contributed by atoms with Crippen LogP contribution in [0.1, 0.15) is 31.2 Å². The number of nitrogens with one attached hydrogen (secondary N) is 1. The molecule has 0 saturated heterocycles. The van der Waals surface area contributed by atoms with Crippen LogP contribution in [0, 0.1) is 0 Å². The van der Waals surface area contributed by atoms with Crippen LogP contribution < -0.4 is 5.32 Å². The van der Waals surface area contributed by atoms with Crippen molar-refractivity contribution in [2.24, 2.45) is 0 Å². The molecular weight excluding hydrogens is 158 g/mol. The summed E-state index contributed by atoms with van der Waals surface area (Å²) in [6, 6.07) is 8.89. The molecule has 1 N–H and O–H groups in total. The minimum atomic E-state index is 0.511. The predicted molar refractivity (Wildman–Crippen MR) is 52.9 cm³/mol. The van der Waals surface area contributed by atoms with E-state index in [0.29, 0.717) is 11.0 Å². The molecule has 1 aromatic rings. The van der Waals surface area contributed by atoms with E-state index in [9.17, 15) is 0 Å². The first-order chi connectivity index (χ1) is 6.36. The van der Waals surface area contributed by atoms with Gasteiger partial charge in [-0.3, -0.25) is 0 Å². The molecule has 0 radical (unpaired) electrons. The van der Waals surface area contributed by atoms with Gasteiger partial charge in [0.2, 0.25) is 0 Å². The smallest absolute Gasteiger partial charge is 0.0472 e. The van der Waals surface area contributed by atoms with E-state index in [1.165, 1.54) is 31.4 Å². The lowest BCUT2D eigenvalue weighted by Crippen LogP contribution is -2.28. The first-order valence-corrected chi connectivity index (χ1v) is 5.24. The highest BCUT2D eigenvalue weighted by atomic mass is 15.1. The van der Waals surface area contributed by atoms with Gasteiger partial charge in [-0.15, -0.1) is 0 Å². The van der Waals surface area contributed by atoms with Crippen LogP contribution in [-0.2, 0) is 5.41 Å². The Bertz CT molecular complexity index is 386. The van der Waals surface area contributed by atoms with Crippen LogP contribution in [-0.4, -0.2) is 5.54 Å². The molecule has 3 aliphatic rings. The molecule has 2 fully saturated rings. The van der Waals surface area contributed by atoms with Gasteiger partial charge in [-0.05, 0) is 37.3 Å². The summed E-state index contributed by atoms with van der Waals surface area (Å²) < 4.78 is 0. The highest BCUT2D eigenvalue weighted by Crippen LogP contribution is 2.70. The topological polar surface area (TPSA) is 12.0 Å². The first-order valence-electron chi connectivity index (χ1n) is 5.24. The van der Waals surface area contributed by atoms with Gasteiger partial charge in [-0.25, -0.2) is 0 Å². The van der Waals surface area contributed by atoms with E-state index in [0.717, 1.165) is 0 Å². The Hall–Kier alpha value is -0.980. The second kappa shape index (κ2) is 1.63. The summed E-state index contributed by atoms with van der Waals surface area (Å²) in [4.78, 5) is 0. The van der Waals surface area contributed by atoms with E-state index in [-0.39, 0.29) is 0 Å². The number of hydrogen-bond donors (Lipinski definition) is 1. The Morgan fingerprint density at radius 3 is 2.46 bits per heavy atom. The zero-order valence-corrected chi connectivity index (χ0v) is 7.64. The molecule has 0 aromatic heterocycles. The fourth-order valence-corrected chi connectivity index (χ4v) is 3.25. The predicted octanol–water partition coefficient (Wildman–Crippen LogP) is 2.68. The zero-order valence-electron chi connectivity index (χ0n) is 7.64. The summed E-state index contributed by atoms with van der Waals surface area (Å²) in [5, 5.41) is 3.74. The largest absolute Gasteiger partial charge is 0.378 e. The van der Waals surface area contributed by atoms with Crippen molar-refractivity contribution in [1.29, 1.82) is 0 Å². The normalized spacial score (nSPS) is 28.6. The molecule has 1 aliphatic heterocycles. The molecule has 0 amide bonds. The summed E-state index contributed by atoms with van der Waals surface area (Å²) in [7, 11) is 0. The van der Waals surface area contributed by atoms with Gasteiger partial charge in [0.1, 0.15) is 0 Å². The molecule has 1 aromatic carbocycles. The van der Waals surface area contributed by atoms with Gasteiger partial charge in [0, 0.05) is 16.6 Å². The number of anilines is 1. The monoisotopic (exact) mass is 171 g/mol. The van der Waals surface area contributed by atoms with Crippen LogP contribution in [0.15, 0.2) is 24.3 Å². The van der Waals surface area contributed by atoms with Gasteiger partial charge >= 0.3 is 0 Å². The molecule has 0 atom stereocenters. The van der Waals surface area contributed by atoms with Crippen molar-refractivity contribution < 1.29 is 0 Å². The molecule has 2 spiro atoms. The minimum absolute atomic E-state index is 0.511. The maximum absolute atomic E-state index is 3.74. The van der Waals surface area contributed by atoms with Gasteiger partial charge in [-0.2, -0.15) is 0 Å². The SMILES string of the molecule is c1ccc2c(c1)NC1(CC1)C21CC1. The molecular formula is C12H13N. The quantitative estimate of drug-likeness (QED) is 0.632. The van der Waals surface area contributed by atoms with Gasteiger partial charge in [0.15, 0.2) is 0 Å². The first kappa shape index (κ1) is 6.47. The number of fused-ring (bicyclic) bond motifs is 3. The molecule has 1 heterocycles. The van der Waals surface area contributed by atoms with E-state index < -0.39 is 0 Å². The number of hydrogen-bond acceptors (Lipinski definition) is 1. The zero-order chi connectivity index (χ0) is 8.52. The van der Waals surface area contributed by atoms with Crippen LogP contribution in [0.5, 0.6) is 0 Å². The van der Waals surface area contributed by atoms with Crippen molar-refractivity contribution in [2.45, 2.75) is 36.6 Å². The van der Waals surface area contributed by atoms with Crippen LogP contribution in [0.3, 0.4) is 0 Å². The van der Waals surface area contributed by atoms with Gasteiger partial charge < -0.3 is 5.32 Å². The Labute approximate surface area is 78.2 Å². The van der Waals surface area contributed by atoms with Crippen molar-refractivity contribution in [3.63, 3.8) is 0 Å². The third-order valence-electron chi connectivity index (χ3n) is 4.23. The molecule has 4 rings (SSSR count). The molecule has 0 unspecified atom stereocenters. The fourth-order valence-electron chi connectivity index (χ4n) is 3.25. The van der Waals surface area contributed by atoms with E-state index >= 15 is 0 Å². The van der Waals surface area contributed by atoms with Crippen LogP contribution in [0.25, 0.3) is 0 Å². The lowest BCUT2D eigenvalue weighted by molar-refractivity contribution is 0.575. The summed E-state index contributed by atoms with van der Waals surface area (Å²) >= 11 is 0. The van der Waals surface area contributed by atoms with Crippen molar-refractivity contribution >= 4 is 5.69 Å². The summed E-state index contributed by atoms with van der Waals surface area (Å²) in [5.74, 6) is 0. The van der Waals surface area contributed by atoms with E-state index in [4.69, 9.17) is 0 Å². The number of rotatable bonds is 0. The second-order valence-corrected chi connectivity index (χ2v) is 4.83. The maximum Gasteiger partial charge on any atom is 0.0472 e. The minimum Gasteiger partial charge on any atom is -0.378 e. The molecule has 1 heteroatoms. The summed E-state index contributed by atoms with van der Waals surface area (Å²) in [5.41, 5.74) is 4.10. The van der Waals surface area contributed by atoms with E-state index in [2.05, 4.69) is 29.6 Å². The average molecular weight is 171 g/mol. The number of benzene rings is 1. The molecule has 1 nitrogen and oxygen atoms in total. The third kappa shape index (κ3) is 0.560. The third-order valence-corrected chi connectivity index (χ3v) is 4.23. The maximum atomic E-state index is 3.74. The van der Waals surface area contributed by atoms with Gasteiger partial charge in [0.25, 0.3) is 0 Å². The Morgan fingerprint density at radius 1 is 1.00 bits per heavy atom. The lowest BCUT2D eigenvalue weighted by atomic mass is 9.90. The van der Waals surface area contributed by atoms with E-state index in [1.54, 1.807) is 5.56 Å². The molecule has 2 saturated carbocycles. The van der Waals surface area contributed by atoms with Gasteiger partial charge in [-0.1, -0.05) is 18.2 Å². The summed E-state index contributed by atoms with van der Waals surface area (Å²) in [6.45, 7) is 0. The summed E-state index contributed by atoms with van der Waals surface area (Å²) in [6.07, 6.45) is 5.61. The average Bonchev–Trinajstić information content (AvgIpc) is 2.95. The van der Waals surface area contributed by atoms with Crippen LogP contribution >= 0.6 is 0 Å². The van der Waals surface area contributed by atoms with Crippen molar-refractivity contribution in [1.82, 2.24) is 0 Å². The Balaban J connectivity index is 1.99. The van der Waals surface area contributed by atoms with Crippen molar-refractivity contribution in [3.05, 3.63) is 29.8 Å². The van der Waals surface area contributed by atoms with Crippen molar-refractivity contribution in [2.75, 3.05) is 5.32 Å². The van der Waals surface area contributed by atoms with Crippen LogP contribution in [0.2, 0.25) is 0 Å². The van der Waals surface area contributed by atoms with Crippen molar-refractivity contribution in [3.8, 4) is 0 Å². The Morgan fingerprint density at radius 2 is 1.77 bits per heavy atom. The number of para-hydroxylation sites is 1. The molecule has 0 bridgehead atoms. The molecule has 13 heavy (non-hydrogen) atoms. The van der Waals surface area contributed by atoms with E-state index in [1.807, 2.05) is 0 Å². The van der Waals surface area contributed by atoms with Gasteiger partial charge in [0.05, 0.1) is 0 Å². The second-order valence-electron chi connectivity index (χ2n) is 4.83. The highest BCUT2D eigenvalue weighted by Gasteiger charge is 2.69. The molecule has 66 valence electrons. The lowest BCUT2D eigenvalue weighted by Gasteiger charge is -2.17. The van der Waals surface area contributed by atoms with Crippen LogP contribution in [0.4, 0.5) is 5.69 Å². The fraction of sp³-hybridized carbons (Fsp3) is 0.500. The standard InChI is InChI=1S/C12H13N/c1-2-4-10-9(3-1)11(5-6-11)12(13-10)7-8-12/h1-4,13H,5-8H2. The Kier molecular flexibility index (Phi) is 0.813.